The predicted molar refractivity (Wildman–Crippen MR) is 36.4 cm³/mol. The van der Waals surface area contributed by atoms with Crippen molar-refractivity contribution in [2.75, 3.05) is 0 Å². The molecule has 0 bridgehead atoms. The van der Waals surface area contributed by atoms with E-state index in [1.807, 2.05) is 0 Å². The van der Waals surface area contributed by atoms with E-state index in [4.69, 9.17) is 5.11 Å². The van der Waals surface area contributed by atoms with Gasteiger partial charge in [0.1, 0.15) is 0 Å². The van der Waals surface area contributed by atoms with Crippen molar-refractivity contribution in [2.45, 2.75) is 25.7 Å². The van der Waals surface area contributed by atoms with Gasteiger partial charge in [-0.3, -0.25) is 0 Å². The normalized spacial score (nSPS) is 14.9. The lowest BCUT2D eigenvalue weighted by molar-refractivity contribution is 0.0818. The minimum absolute atomic E-state index is 0.208. The van der Waals surface area contributed by atoms with Crippen LogP contribution < -0.4 is 0 Å². The number of alkyl halides is 3. The summed E-state index contributed by atoms with van der Waals surface area (Å²) in [6, 6.07) is 0. The molecule has 1 N–H and O–H groups in total. The molecule has 0 radical (unpaired) electrons. The van der Waals surface area contributed by atoms with Crippen LogP contribution in [0.4, 0.5) is 8.78 Å². The molecule has 0 heterocycles. The van der Waals surface area contributed by atoms with E-state index in [1.165, 1.54) is 6.92 Å². The zero-order valence-electron chi connectivity index (χ0n) is 5.79. The molecule has 0 aromatic carbocycles. The first-order chi connectivity index (χ1) is 4.39. The fraction of sp³-hybridized carbons (Fsp3) is 0.667. The zero-order valence-corrected chi connectivity index (χ0v) is 6.54. The number of hydrogen-bond acceptors (Lipinski definition) is 1. The van der Waals surface area contributed by atoms with Crippen LogP contribution in [0.1, 0.15) is 20.3 Å². The van der Waals surface area contributed by atoms with Crippen LogP contribution in [0.5, 0.6) is 0 Å². The first-order valence-corrected chi connectivity index (χ1v) is 3.23. The molecule has 0 spiro atoms. The van der Waals surface area contributed by atoms with Gasteiger partial charge >= 0.3 is 5.38 Å². The highest BCUT2D eigenvalue weighted by Crippen LogP contribution is 2.29. The minimum atomic E-state index is -3.61. The van der Waals surface area contributed by atoms with Crippen molar-refractivity contribution in [3.63, 3.8) is 0 Å². The summed E-state index contributed by atoms with van der Waals surface area (Å²) < 4.78 is 24.0. The number of allylic oxidation sites excluding steroid dienone is 2. The average molecular weight is 171 g/mol. The third-order valence-electron chi connectivity index (χ3n) is 1.20. The molecule has 0 saturated heterocycles. The van der Waals surface area contributed by atoms with Gasteiger partial charge in [0.25, 0.3) is 0 Å². The molecular formula is C6H9ClF2O. The molecule has 0 aliphatic carbocycles. The monoisotopic (exact) mass is 170 g/mol. The van der Waals surface area contributed by atoms with Gasteiger partial charge in [-0.2, -0.15) is 8.78 Å². The molecular weight excluding hydrogens is 162 g/mol. The number of halogens is 3. The Morgan fingerprint density at radius 2 is 2.00 bits per heavy atom. The molecule has 1 nitrogen and oxygen atoms in total. The summed E-state index contributed by atoms with van der Waals surface area (Å²) in [6.07, 6.45) is 0.369. The first-order valence-electron chi connectivity index (χ1n) is 2.85. The topological polar surface area (TPSA) is 20.2 Å². The van der Waals surface area contributed by atoms with E-state index in [0.29, 0.717) is 6.42 Å². The van der Waals surface area contributed by atoms with Crippen molar-refractivity contribution in [2.24, 2.45) is 0 Å². The summed E-state index contributed by atoms with van der Waals surface area (Å²) >= 11 is 4.52. The Balaban J connectivity index is 4.47. The molecule has 60 valence electrons. The molecule has 0 atom stereocenters. The van der Waals surface area contributed by atoms with Crippen LogP contribution in [0, 0.1) is 0 Å². The van der Waals surface area contributed by atoms with Crippen LogP contribution in [0.2, 0.25) is 0 Å². The summed E-state index contributed by atoms with van der Waals surface area (Å²) in [5.41, 5.74) is 0.208. The Morgan fingerprint density at radius 1 is 1.60 bits per heavy atom. The lowest BCUT2D eigenvalue weighted by Crippen LogP contribution is -2.11. The fourth-order valence-electron chi connectivity index (χ4n) is 0.409. The Hall–Kier alpha value is -0.310. The zero-order chi connectivity index (χ0) is 8.36. The lowest BCUT2D eigenvalue weighted by Gasteiger charge is -2.08. The van der Waals surface area contributed by atoms with Crippen LogP contribution in [-0.2, 0) is 0 Å². The van der Waals surface area contributed by atoms with E-state index in [1.54, 1.807) is 6.92 Å². The highest BCUT2D eigenvalue weighted by Gasteiger charge is 2.31. The van der Waals surface area contributed by atoms with E-state index in [9.17, 15) is 8.78 Å². The van der Waals surface area contributed by atoms with Crippen molar-refractivity contribution in [3.05, 3.63) is 11.3 Å². The second kappa shape index (κ2) is 3.19. The van der Waals surface area contributed by atoms with Crippen molar-refractivity contribution in [1.29, 1.82) is 0 Å². The van der Waals surface area contributed by atoms with Gasteiger partial charge in [-0.25, -0.2) is 0 Å². The number of rotatable bonds is 2. The molecule has 0 fully saturated rings. The number of aliphatic hydroxyl groups is 1. The van der Waals surface area contributed by atoms with E-state index in [0.717, 1.165) is 0 Å². The maximum Gasteiger partial charge on any atom is 0.378 e. The highest BCUT2D eigenvalue weighted by molar-refractivity contribution is 6.23. The first kappa shape index (κ1) is 9.69. The molecule has 0 aliphatic heterocycles. The van der Waals surface area contributed by atoms with Gasteiger partial charge in [0.15, 0.2) is 5.76 Å². The number of aliphatic hydroxyl groups excluding tert-OH is 1. The van der Waals surface area contributed by atoms with Crippen LogP contribution in [0.15, 0.2) is 11.3 Å². The van der Waals surface area contributed by atoms with Gasteiger partial charge in [0.2, 0.25) is 0 Å². The van der Waals surface area contributed by atoms with Crippen molar-refractivity contribution in [3.8, 4) is 0 Å². The standard InChI is InChI=1S/C6H9ClF2O/c1-3-4(2)5(10)6(7,8)9/h10H,3H2,1-2H3/b5-4+. The second-order valence-corrected chi connectivity index (χ2v) is 2.45. The molecule has 0 unspecified atom stereocenters. The molecule has 0 amide bonds. The highest BCUT2D eigenvalue weighted by atomic mass is 35.5. The van der Waals surface area contributed by atoms with E-state index >= 15 is 0 Å². The molecule has 10 heavy (non-hydrogen) atoms. The molecule has 0 aromatic rings. The second-order valence-electron chi connectivity index (χ2n) is 1.98. The molecule has 0 rings (SSSR count). The van der Waals surface area contributed by atoms with Crippen molar-refractivity contribution in [1.82, 2.24) is 0 Å². The van der Waals surface area contributed by atoms with Crippen LogP contribution in [-0.4, -0.2) is 10.5 Å². The van der Waals surface area contributed by atoms with Gasteiger partial charge in [-0.05, 0) is 30.5 Å². The van der Waals surface area contributed by atoms with Gasteiger partial charge in [0, 0.05) is 0 Å². The summed E-state index contributed by atoms with van der Waals surface area (Å²) in [6.45, 7) is 3.07. The van der Waals surface area contributed by atoms with Crippen molar-refractivity contribution >= 4 is 11.6 Å². The summed E-state index contributed by atoms with van der Waals surface area (Å²) in [5, 5.41) is 5.04. The SMILES string of the molecule is CC/C(C)=C(/O)C(F)(F)Cl. The Kier molecular flexibility index (Phi) is 3.09. The molecule has 0 aliphatic rings. The maximum atomic E-state index is 12.0. The van der Waals surface area contributed by atoms with Crippen LogP contribution >= 0.6 is 11.6 Å². The summed E-state index contributed by atoms with van der Waals surface area (Å²) in [7, 11) is 0. The van der Waals surface area contributed by atoms with Gasteiger partial charge < -0.3 is 5.11 Å². The third-order valence-corrected chi connectivity index (χ3v) is 1.38. The van der Waals surface area contributed by atoms with E-state index in [-0.39, 0.29) is 5.57 Å². The Morgan fingerprint density at radius 3 is 2.10 bits per heavy atom. The number of hydrogen-bond donors (Lipinski definition) is 1. The predicted octanol–water partition coefficient (Wildman–Crippen LogP) is 3.06. The smallest absolute Gasteiger partial charge is 0.378 e. The van der Waals surface area contributed by atoms with Gasteiger partial charge in [-0.1, -0.05) is 6.92 Å². The maximum absolute atomic E-state index is 12.0. The molecule has 4 heteroatoms. The quantitative estimate of drug-likeness (QED) is 0.499. The van der Waals surface area contributed by atoms with Crippen LogP contribution in [0.3, 0.4) is 0 Å². The van der Waals surface area contributed by atoms with E-state index in [2.05, 4.69) is 11.6 Å². The van der Waals surface area contributed by atoms with E-state index < -0.39 is 11.1 Å². The molecule has 0 saturated carbocycles. The van der Waals surface area contributed by atoms with Gasteiger partial charge in [-0.15, -0.1) is 0 Å². The summed E-state index contributed by atoms with van der Waals surface area (Å²) in [5.74, 6) is -1.03. The largest absolute Gasteiger partial charge is 0.505 e. The Bertz CT molecular complexity index is 148. The fourth-order valence-corrected chi connectivity index (χ4v) is 0.571. The van der Waals surface area contributed by atoms with Crippen molar-refractivity contribution < 1.29 is 13.9 Å². The lowest BCUT2D eigenvalue weighted by atomic mass is 10.2. The molecule has 0 aromatic heterocycles. The van der Waals surface area contributed by atoms with Crippen LogP contribution in [0.25, 0.3) is 0 Å². The Labute approximate surface area is 63.3 Å². The minimum Gasteiger partial charge on any atom is -0.505 e. The third kappa shape index (κ3) is 2.52. The average Bonchev–Trinajstić information content (AvgIpc) is 1.83. The summed E-state index contributed by atoms with van der Waals surface area (Å²) in [4.78, 5) is 0. The van der Waals surface area contributed by atoms with Gasteiger partial charge in [0.05, 0.1) is 0 Å².